The van der Waals surface area contributed by atoms with Gasteiger partial charge in [0.15, 0.2) is 0 Å². The van der Waals surface area contributed by atoms with Crippen LogP contribution in [0.15, 0.2) is 6.07 Å². The summed E-state index contributed by atoms with van der Waals surface area (Å²) < 4.78 is 0. The highest BCUT2D eigenvalue weighted by Crippen LogP contribution is 2.29. The van der Waals surface area contributed by atoms with Crippen molar-refractivity contribution in [3.8, 4) is 0 Å². The van der Waals surface area contributed by atoms with Gasteiger partial charge in [0.2, 0.25) is 0 Å². The van der Waals surface area contributed by atoms with Gasteiger partial charge in [0, 0.05) is 24.7 Å². The summed E-state index contributed by atoms with van der Waals surface area (Å²) in [7, 11) is 0. The zero-order chi connectivity index (χ0) is 13.2. The standard InChI is InChI=1S/C13H22N6/c1-9-15-12(8-13(16-9)18-14)17-10-5-7-19-6-3-2-4-11(10)19/h8,10-11H,2-7,14H2,1H3,(H2,15,16,17,18). The molecular formula is C13H22N6. The predicted molar refractivity (Wildman–Crippen MR) is 75.8 cm³/mol. The highest BCUT2D eigenvalue weighted by Gasteiger charge is 2.35. The minimum absolute atomic E-state index is 0.500. The van der Waals surface area contributed by atoms with Gasteiger partial charge in [0.1, 0.15) is 17.5 Å². The molecule has 2 unspecified atom stereocenters. The zero-order valence-corrected chi connectivity index (χ0v) is 11.4. The van der Waals surface area contributed by atoms with Crippen molar-refractivity contribution in [1.29, 1.82) is 0 Å². The number of anilines is 2. The van der Waals surface area contributed by atoms with Crippen LogP contribution in [-0.2, 0) is 0 Å². The maximum absolute atomic E-state index is 5.43. The predicted octanol–water partition coefficient (Wildman–Crippen LogP) is 1.11. The van der Waals surface area contributed by atoms with Gasteiger partial charge in [0.05, 0.1) is 0 Å². The summed E-state index contributed by atoms with van der Waals surface area (Å²) in [5.74, 6) is 7.69. The van der Waals surface area contributed by atoms with E-state index in [2.05, 4.69) is 25.6 Å². The van der Waals surface area contributed by atoms with E-state index < -0.39 is 0 Å². The van der Waals surface area contributed by atoms with Crippen molar-refractivity contribution in [2.24, 2.45) is 5.84 Å². The number of rotatable bonds is 3. The molecule has 0 bridgehead atoms. The van der Waals surface area contributed by atoms with E-state index in [4.69, 9.17) is 5.84 Å². The molecule has 2 fully saturated rings. The van der Waals surface area contributed by atoms with E-state index in [1.807, 2.05) is 13.0 Å². The fraction of sp³-hybridized carbons (Fsp3) is 0.692. The molecule has 1 aromatic rings. The average Bonchev–Trinajstić information content (AvgIpc) is 2.82. The molecule has 19 heavy (non-hydrogen) atoms. The number of hydrogen-bond acceptors (Lipinski definition) is 6. The van der Waals surface area contributed by atoms with Gasteiger partial charge >= 0.3 is 0 Å². The molecule has 104 valence electrons. The van der Waals surface area contributed by atoms with Gasteiger partial charge in [-0.25, -0.2) is 15.8 Å². The van der Waals surface area contributed by atoms with Crippen molar-refractivity contribution in [2.45, 2.75) is 44.7 Å². The molecule has 0 aromatic carbocycles. The summed E-state index contributed by atoms with van der Waals surface area (Å²) in [6, 6.07) is 3.04. The first kappa shape index (κ1) is 12.6. The lowest BCUT2D eigenvalue weighted by molar-refractivity contribution is 0.192. The molecule has 3 rings (SSSR count). The van der Waals surface area contributed by atoms with Crippen LogP contribution in [-0.4, -0.2) is 40.0 Å². The molecule has 4 N–H and O–H groups in total. The molecule has 2 atom stereocenters. The number of nitrogens with two attached hydrogens (primary N) is 1. The van der Waals surface area contributed by atoms with Crippen molar-refractivity contribution in [2.75, 3.05) is 23.8 Å². The summed E-state index contributed by atoms with van der Waals surface area (Å²) in [5, 5.41) is 3.57. The smallest absolute Gasteiger partial charge is 0.145 e. The van der Waals surface area contributed by atoms with Gasteiger partial charge in [-0.05, 0) is 32.7 Å². The van der Waals surface area contributed by atoms with E-state index in [9.17, 15) is 0 Å². The van der Waals surface area contributed by atoms with Crippen LogP contribution < -0.4 is 16.6 Å². The molecule has 2 aliphatic heterocycles. The lowest BCUT2D eigenvalue weighted by Crippen LogP contribution is -2.41. The number of nitrogens with zero attached hydrogens (tertiary/aromatic N) is 3. The molecule has 6 nitrogen and oxygen atoms in total. The van der Waals surface area contributed by atoms with Crippen molar-refractivity contribution < 1.29 is 0 Å². The van der Waals surface area contributed by atoms with E-state index in [0.717, 1.165) is 11.6 Å². The Kier molecular flexibility index (Phi) is 3.52. The van der Waals surface area contributed by atoms with Crippen molar-refractivity contribution in [3.05, 3.63) is 11.9 Å². The minimum atomic E-state index is 0.500. The van der Waals surface area contributed by atoms with Crippen LogP contribution in [0, 0.1) is 6.92 Å². The van der Waals surface area contributed by atoms with Crippen molar-refractivity contribution in [3.63, 3.8) is 0 Å². The number of fused-ring (bicyclic) bond motifs is 1. The first-order chi connectivity index (χ1) is 9.26. The second-order valence-corrected chi connectivity index (χ2v) is 5.47. The second kappa shape index (κ2) is 5.30. The van der Waals surface area contributed by atoms with Crippen molar-refractivity contribution >= 4 is 11.6 Å². The van der Waals surface area contributed by atoms with Crippen LogP contribution in [0.3, 0.4) is 0 Å². The van der Waals surface area contributed by atoms with Gasteiger partial charge in [0.25, 0.3) is 0 Å². The Bertz CT molecular complexity index is 449. The Morgan fingerprint density at radius 2 is 2.05 bits per heavy atom. The third-order valence-corrected chi connectivity index (χ3v) is 4.18. The largest absolute Gasteiger partial charge is 0.366 e. The molecular weight excluding hydrogens is 240 g/mol. The Labute approximate surface area is 113 Å². The molecule has 6 heteroatoms. The summed E-state index contributed by atoms with van der Waals surface area (Å²) in [6.07, 6.45) is 5.18. The van der Waals surface area contributed by atoms with E-state index >= 15 is 0 Å². The molecule has 2 aliphatic rings. The quantitative estimate of drug-likeness (QED) is 0.559. The molecule has 2 saturated heterocycles. The first-order valence-electron chi connectivity index (χ1n) is 7.09. The van der Waals surface area contributed by atoms with Gasteiger partial charge in [-0.15, -0.1) is 0 Å². The van der Waals surface area contributed by atoms with E-state index in [1.54, 1.807) is 0 Å². The van der Waals surface area contributed by atoms with Gasteiger partial charge < -0.3 is 10.7 Å². The second-order valence-electron chi connectivity index (χ2n) is 5.47. The van der Waals surface area contributed by atoms with E-state index in [0.29, 0.717) is 17.9 Å². The first-order valence-corrected chi connectivity index (χ1v) is 7.09. The summed E-state index contributed by atoms with van der Waals surface area (Å²) in [4.78, 5) is 11.3. The van der Waals surface area contributed by atoms with Crippen LogP contribution in [0.4, 0.5) is 11.6 Å². The van der Waals surface area contributed by atoms with Crippen molar-refractivity contribution in [1.82, 2.24) is 14.9 Å². The molecule has 0 saturated carbocycles. The van der Waals surface area contributed by atoms with Crippen LogP contribution in [0.5, 0.6) is 0 Å². The maximum atomic E-state index is 5.43. The van der Waals surface area contributed by atoms with Crippen LogP contribution >= 0.6 is 0 Å². The van der Waals surface area contributed by atoms with Gasteiger partial charge in [-0.3, -0.25) is 4.90 Å². The van der Waals surface area contributed by atoms with Crippen LogP contribution in [0.2, 0.25) is 0 Å². The fourth-order valence-corrected chi connectivity index (χ4v) is 3.32. The van der Waals surface area contributed by atoms with Crippen LogP contribution in [0.25, 0.3) is 0 Å². The SMILES string of the molecule is Cc1nc(NN)cc(NC2CCN3CCCCC23)n1. The summed E-state index contributed by atoms with van der Waals surface area (Å²) >= 11 is 0. The molecule has 3 heterocycles. The van der Waals surface area contributed by atoms with Crippen LogP contribution in [0.1, 0.15) is 31.5 Å². The molecule has 0 amide bonds. The average molecular weight is 262 g/mol. The summed E-state index contributed by atoms with van der Waals surface area (Å²) in [5.41, 5.74) is 2.59. The number of nitrogens with one attached hydrogen (secondary N) is 2. The number of hydrogen-bond donors (Lipinski definition) is 3. The number of aromatic nitrogens is 2. The third kappa shape index (κ3) is 2.64. The Morgan fingerprint density at radius 3 is 2.89 bits per heavy atom. The Hall–Kier alpha value is -1.40. The lowest BCUT2D eigenvalue weighted by atomic mass is 9.99. The Balaban J connectivity index is 1.72. The molecule has 0 aliphatic carbocycles. The zero-order valence-electron chi connectivity index (χ0n) is 11.4. The highest BCUT2D eigenvalue weighted by atomic mass is 15.3. The third-order valence-electron chi connectivity index (χ3n) is 4.18. The number of nitrogen functional groups attached to an aromatic ring is 1. The Morgan fingerprint density at radius 1 is 1.21 bits per heavy atom. The van der Waals surface area contributed by atoms with E-state index in [-0.39, 0.29) is 0 Å². The highest BCUT2D eigenvalue weighted by molar-refractivity contribution is 5.47. The topological polar surface area (TPSA) is 79.1 Å². The normalized spacial score (nSPS) is 27.1. The fourth-order valence-electron chi connectivity index (χ4n) is 3.32. The number of piperidine rings is 1. The van der Waals surface area contributed by atoms with Gasteiger partial charge in [-0.1, -0.05) is 6.42 Å². The monoisotopic (exact) mass is 262 g/mol. The molecule has 0 spiro atoms. The summed E-state index contributed by atoms with van der Waals surface area (Å²) in [6.45, 7) is 4.34. The van der Waals surface area contributed by atoms with E-state index in [1.165, 1.54) is 38.8 Å². The van der Waals surface area contributed by atoms with Gasteiger partial charge in [-0.2, -0.15) is 0 Å². The lowest BCUT2D eigenvalue weighted by Gasteiger charge is -2.32. The maximum Gasteiger partial charge on any atom is 0.145 e. The number of hydrazine groups is 1. The molecule has 1 aromatic heterocycles. The number of aryl methyl sites for hydroxylation is 1. The minimum Gasteiger partial charge on any atom is -0.366 e. The molecule has 0 radical (unpaired) electrons.